The molecular formula is C17H20N2O. The number of aromatic nitrogens is 1. The first-order chi connectivity index (χ1) is 9.52. The first kappa shape index (κ1) is 13.0. The first-order valence-electron chi connectivity index (χ1n) is 6.98. The van der Waals surface area contributed by atoms with Gasteiger partial charge in [0, 0.05) is 25.4 Å². The maximum atomic E-state index is 5.90. The van der Waals surface area contributed by atoms with Crippen molar-refractivity contribution in [3.63, 3.8) is 0 Å². The fraction of sp³-hybridized carbons (Fsp3) is 0.353. The second-order valence-electron chi connectivity index (χ2n) is 6.09. The molecule has 1 aromatic carbocycles. The van der Waals surface area contributed by atoms with E-state index in [1.807, 2.05) is 19.3 Å². The minimum atomic E-state index is -0.0746. The number of hydrogen-bond donors (Lipinski definition) is 1. The Balaban J connectivity index is 1.71. The molecule has 1 aliphatic rings. The lowest BCUT2D eigenvalue weighted by Crippen LogP contribution is -2.24. The number of hydrogen-bond acceptors (Lipinski definition) is 3. The molecule has 2 aromatic rings. The Kier molecular flexibility index (Phi) is 3.13. The average Bonchev–Trinajstić information content (AvgIpc) is 2.69. The van der Waals surface area contributed by atoms with E-state index in [4.69, 9.17) is 4.74 Å². The van der Waals surface area contributed by atoms with Gasteiger partial charge in [0.1, 0.15) is 11.4 Å². The number of aryl methyl sites for hydroxylation is 1. The summed E-state index contributed by atoms with van der Waals surface area (Å²) in [6.07, 6.45) is 4.69. The van der Waals surface area contributed by atoms with Crippen LogP contribution >= 0.6 is 0 Å². The molecule has 1 aliphatic heterocycles. The van der Waals surface area contributed by atoms with E-state index in [0.29, 0.717) is 0 Å². The van der Waals surface area contributed by atoms with Gasteiger partial charge in [-0.05, 0) is 49.6 Å². The largest absolute Gasteiger partial charge is 0.487 e. The molecule has 104 valence electrons. The lowest BCUT2D eigenvalue weighted by Gasteiger charge is -2.16. The smallest absolute Gasteiger partial charge is 0.123 e. The van der Waals surface area contributed by atoms with Gasteiger partial charge in [0.25, 0.3) is 0 Å². The lowest BCUT2D eigenvalue weighted by molar-refractivity contribution is 0.138. The van der Waals surface area contributed by atoms with Crippen molar-refractivity contribution in [2.45, 2.75) is 39.3 Å². The van der Waals surface area contributed by atoms with E-state index in [9.17, 15) is 0 Å². The zero-order valence-electron chi connectivity index (χ0n) is 12.2. The monoisotopic (exact) mass is 268 g/mol. The van der Waals surface area contributed by atoms with Crippen molar-refractivity contribution in [2.75, 3.05) is 5.32 Å². The van der Waals surface area contributed by atoms with Crippen molar-refractivity contribution in [1.82, 2.24) is 4.98 Å². The molecular weight excluding hydrogens is 248 g/mol. The Morgan fingerprint density at radius 3 is 2.90 bits per heavy atom. The first-order valence-corrected chi connectivity index (χ1v) is 6.98. The van der Waals surface area contributed by atoms with E-state index in [2.05, 4.69) is 48.4 Å². The fourth-order valence-electron chi connectivity index (χ4n) is 2.63. The normalized spacial score (nSPS) is 15.6. The van der Waals surface area contributed by atoms with E-state index < -0.39 is 0 Å². The molecule has 0 fully saturated rings. The third kappa shape index (κ3) is 2.77. The Labute approximate surface area is 120 Å². The van der Waals surface area contributed by atoms with Gasteiger partial charge < -0.3 is 10.1 Å². The van der Waals surface area contributed by atoms with Crippen molar-refractivity contribution in [1.29, 1.82) is 0 Å². The molecule has 3 heteroatoms. The molecule has 0 spiro atoms. The van der Waals surface area contributed by atoms with Crippen LogP contribution in [0.25, 0.3) is 0 Å². The van der Waals surface area contributed by atoms with Crippen LogP contribution in [0.1, 0.15) is 30.5 Å². The van der Waals surface area contributed by atoms with Crippen LogP contribution in [0.15, 0.2) is 36.7 Å². The predicted molar refractivity (Wildman–Crippen MR) is 81.2 cm³/mol. The summed E-state index contributed by atoms with van der Waals surface area (Å²) in [5, 5.41) is 3.41. The van der Waals surface area contributed by atoms with Gasteiger partial charge in [-0.3, -0.25) is 4.98 Å². The van der Waals surface area contributed by atoms with Crippen LogP contribution in [0.5, 0.6) is 5.75 Å². The van der Waals surface area contributed by atoms with E-state index in [1.54, 1.807) is 0 Å². The Hall–Kier alpha value is -2.03. The molecule has 3 nitrogen and oxygen atoms in total. The van der Waals surface area contributed by atoms with Crippen LogP contribution in [0.4, 0.5) is 5.69 Å². The topological polar surface area (TPSA) is 34.2 Å². The number of benzene rings is 1. The Bertz CT molecular complexity index is 635. The summed E-state index contributed by atoms with van der Waals surface area (Å²) >= 11 is 0. The highest BCUT2D eigenvalue weighted by Gasteiger charge is 2.29. The van der Waals surface area contributed by atoms with Crippen molar-refractivity contribution in [2.24, 2.45) is 0 Å². The van der Waals surface area contributed by atoms with Gasteiger partial charge in [0.2, 0.25) is 0 Å². The number of nitrogens with one attached hydrogen (secondary N) is 1. The predicted octanol–water partition coefficient (Wildman–Crippen LogP) is 3.72. The number of ether oxygens (including phenoxy) is 1. The highest BCUT2D eigenvalue weighted by molar-refractivity contribution is 5.46. The molecule has 0 bridgehead atoms. The molecule has 3 rings (SSSR count). The quantitative estimate of drug-likeness (QED) is 0.921. The molecule has 0 saturated heterocycles. The summed E-state index contributed by atoms with van der Waals surface area (Å²) in [5.41, 5.74) is 4.72. The summed E-state index contributed by atoms with van der Waals surface area (Å²) in [7, 11) is 0. The highest BCUT2D eigenvalue weighted by Crippen LogP contribution is 2.35. The van der Waals surface area contributed by atoms with Gasteiger partial charge in [-0.2, -0.15) is 0 Å². The summed E-state index contributed by atoms with van der Waals surface area (Å²) in [4.78, 5) is 4.19. The maximum absolute atomic E-state index is 5.90. The molecule has 20 heavy (non-hydrogen) atoms. The van der Waals surface area contributed by atoms with E-state index in [1.165, 1.54) is 16.7 Å². The molecule has 0 radical (unpaired) electrons. The summed E-state index contributed by atoms with van der Waals surface area (Å²) in [6.45, 7) is 7.11. The standard InChI is InChI=1S/C17H20N2O/c1-12-6-15(11-18-9-12)19-10-13-4-5-16-14(7-13)8-17(2,3)20-16/h4-7,9,11,19H,8,10H2,1-3H3. The van der Waals surface area contributed by atoms with Crippen LogP contribution in [0.2, 0.25) is 0 Å². The van der Waals surface area contributed by atoms with Crippen molar-refractivity contribution in [3.05, 3.63) is 53.3 Å². The highest BCUT2D eigenvalue weighted by atomic mass is 16.5. The zero-order valence-corrected chi connectivity index (χ0v) is 12.2. The SMILES string of the molecule is Cc1cncc(NCc2ccc3c(c2)CC(C)(C)O3)c1. The van der Waals surface area contributed by atoms with Gasteiger partial charge >= 0.3 is 0 Å². The zero-order chi connectivity index (χ0) is 14.2. The summed E-state index contributed by atoms with van der Waals surface area (Å²) < 4.78 is 5.90. The molecule has 0 unspecified atom stereocenters. The molecule has 0 saturated carbocycles. The minimum absolute atomic E-state index is 0.0746. The Morgan fingerprint density at radius 1 is 1.25 bits per heavy atom. The van der Waals surface area contributed by atoms with E-state index in [-0.39, 0.29) is 5.60 Å². The molecule has 1 N–H and O–H groups in total. The van der Waals surface area contributed by atoms with Crippen molar-refractivity contribution in [3.8, 4) is 5.75 Å². The van der Waals surface area contributed by atoms with Crippen LogP contribution in [-0.2, 0) is 13.0 Å². The van der Waals surface area contributed by atoms with Crippen molar-refractivity contribution >= 4 is 5.69 Å². The van der Waals surface area contributed by atoms with Crippen LogP contribution < -0.4 is 10.1 Å². The van der Waals surface area contributed by atoms with Gasteiger partial charge in [0.05, 0.1) is 5.69 Å². The molecule has 0 aliphatic carbocycles. The van der Waals surface area contributed by atoms with E-state index >= 15 is 0 Å². The number of anilines is 1. The second-order valence-corrected chi connectivity index (χ2v) is 6.09. The van der Waals surface area contributed by atoms with Crippen molar-refractivity contribution < 1.29 is 4.74 Å². The van der Waals surface area contributed by atoms with Gasteiger partial charge in [-0.1, -0.05) is 12.1 Å². The van der Waals surface area contributed by atoms with Gasteiger partial charge in [-0.25, -0.2) is 0 Å². The fourth-order valence-corrected chi connectivity index (χ4v) is 2.63. The second kappa shape index (κ2) is 4.82. The molecule has 0 amide bonds. The molecule has 0 atom stereocenters. The van der Waals surface area contributed by atoms with Crippen LogP contribution in [-0.4, -0.2) is 10.6 Å². The molecule has 1 aromatic heterocycles. The maximum Gasteiger partial charge on any atom is 0.123 e. The summed E-state index contributed by atoms with van der Waals surface area (Å²) in [6, 6.07) is 8.54. The summed E-state index contributed by atoms with van der Waals surface area (Å²) in [5.74, 6) is 1.02. The van der Waals surface area contributed by atoms with Crippen LogP contribution in [0.3, 0.4) is 0 Å². The van der Waals surface area contributed by atoms with Crippen LogP contribution in [0, 0.1) is 6.92 Å². The number of rotatable bonds is 3. The lowest BCUT2D eigenvalue weighted by atomic mass is 10.0. The Morgan fingerprint density at radius 2 is 2.10 bits per heavy atom. The number of nitrogens with zero attached hydrogens (tertiary/aromatic N) is 1. The number of fused-ring (bicyclic) bond motifs is 1. The van der Waals surface area contributed by atoms with Gasteiger partial charge in [-0.15, -0.1) is 0 Å². The third-order valence-electron chi connectivity index (χ3n) is 3.50. The van der Waals surface area contributed by atoms with Gasteiger partial charge in [0.15, 0.2) is 0 Å². The molecule has 2 heterocycles. The number of pyridine rings is 1. The third-order valence-corrected chi connectivity index (χ3v) is 3.50. The average molecular weight is 268 g/mol. The van der Waals surface area contributed by atoms with E-state index in [0.717, 1.165) is 24.4 Å². The minimum Gasteiger partial charge on any atom is -0.487 e.